The van der Waals surface area contributed by atoms with E-state index in [1.807, 2.05) is 27.0 Å². The van der Waals surface area contributed by atoms with Gasteiger partial charge in [-0.3, -0.25) is 19.3 Å². The summed E-state index contributed by atoms with van der Waals surface area (Å²) in [6.07, 6.45) is 3.99. The van der Waals surface area contributed by atoms with Crippen LogP contribution in [0.3, 0.4) is 0 Å². The Morgan fingerprint density at radius 1 is 1.15 bits per heavy atom. The molecule has 33 heavy (non-hydrogen) atoms. The first-order chi connectivity index (χ1) is 15.8. The number of ether oxygens (including phenoxy) is 1. The molecule has 4 rings (SSSR count). The number of Topliss-reactive ketones (excluding diaryl/α,β-unsaturated/α-hetero) is 1. The predicted octanol–water partition coefficient (Wildman–Crippen LogP) is 1.59. The van der Waals surface area contributed by atoms with E-state index < -0.39 is 23.5 Å². The number of anilines is 1. The van der Waals surface area contributed by atoms with Gasteiger partial charge in [-0.15, -0.1) is 0 Å². The number of rotatable bonds is 8. The lowest BCUT2D eigenvalue weighted by molar-refractivity contribution is -0.132. The van der Waals surface area contributed by atoms with E-state index in [2.05, 4.69) is 15.5 Å². The van der Waals surface area contributed by atoms with Crippen LogP contribution in [0, 0.1) is 5.92 Å². The van der Waals surface area contributed by atoms with Crippen LogP contribution in [0.5, 0.6) is 0 Å². The van der Waals surface area contributed by atoms with Gasteiger partial charge in [0.05, 0.1) is 11.8 Å². The Balaban J connectivity index is 1.45. The zero-order valence-electron chi connectivity index (χ0n) is 20.0. The quantitative estimate of drug-likeness (QED) is 0.578. The van der Waals surface area contributed by atoms with Crippen LogP contribution in [0.15, 0.2) is 24.3 Å². The van der Waals surface area contributed by atoms with Crippen molar-refractivity contribution in [3.8, 4) is 0 Å². The molecular formula is C25H36N4O4. The molecule has 0 aliphatic carbocycles. The summed E-state index contributed by atoms with van der Waals surface area (Å²) in [6.45, 7) is 5.46. The standard InChI is InChI=1S/C25H36N4O4/c1-15(2)29-21-8-6-5-7-20(21)23(30)22(25(29)32)24(31)27-16-11-17-9-10-18(12-16)28(17)14-19(33-4)13-26-3/h5-8,15-19,22,26H,9-14H2,1-4H3,(H,27,31)/t16-,17-,18+,19?,22?. The SMILES string of the molecule is CNCC(CN1[C@@H]2CC[C@H]1C[C@H](NC(=O)C1C(=O)c3ccccc3N(C(C)C)C1=O)C2)OC. The number of methoxy groups -OCH3 is 1. The smallest absolute Gasteiger partial charge is 0.247 e. The number of likely N-dealkylation sites (N-methyl/N-ethyl adjacent to an activating group) is 1. The molecule has 3 heterocycles. The fourth-order valence-corrected chi connectivity index (χ4v) is 5.84. The van der Waals surface area contributed by atoms with Crippen molar-refractivity contribution >= 4 is 23.3 Å². The highest BCUT2D eigenvalue weighted by Gasteiger charge is 2.47. The molecule has 0 spiro atoms. The average Bonchev–Trinajstić information content (AvgIpc) is 3.00. The number of ketones is 1. The first-order valence-corrected chi connectivity index (χ1v) is 12.1. The molecule has 180 valence electrons. The molecule has 2 N–H and O–H groups in total. The monoisotopic (exact) mass is 456 g/mol. The molecule has 2 saturated heterocycles. The van der Waals surface area contributed by atoms with E-state index in [4.69, 9.17) is 4.74 Å². The van der Waals surface area contributed by atoms with Gasteiger partial charge in [-0.05, 0) is 58.7 Å². The molecule has 3 aliphatic rings. The summed E-state index contributed by atoms with van der Waals surface area (Å²) in [4.78, 5) is 43.8. The minimum Gasteiger partial charge on any atom is -0.379 e. The number of carbonyl (C=O) groups is 3. The number of para-hydroxylation sites is 1. The third-order valence-corrected chi connectivity index (χ3v) is 7.36. The van der Waals surface area contributed by atoms with Crippen LogP contribution in [-0.4, -0.2) is 80.0 Å². The highest BCUT2D eigenvalue weighted by atomic mass is 16.5. The van der Waals surface area contributed by atoms with Crippen LogP contribution in [-0.2, 0) is 14.3 Å². The highest BCUT2D eigenvalue weighted by molar-refractivity contribution is 6.31. The van der Waals surface area contributed by atoms with E-state index in [-0.39, 0.29) is 18.2 Å². The summed E-state index contributed by atoms with van der Waals surface area (Å²) >= 11 is 0. The van der Waals surface area contributed by atoms with E-state index in [9.17, 15) is 14.4 Å². The highest BCUT2D eigenvalue weighted by Crippen LogP contribution is 2.37. The Morgan fingerprint density at radius 3 is 2.42 bits per heavy atom. The van der Waals surface area contributed by atoms with E-state index in [1.54, 1.807) is 30.2 Å². The summed E-state index contributed by atoms with van der Waals surface area (Å²) in [5.41, 5.74) is 1.03. The van der Waals surface area contributed by atoms with Crippen molar-refractivity contribution in [2.24, 2.45) is 5.92 Å². The Labute approximate surface area is 196 Å². The van der Waals surface area contributed by atoms with Crippen LogP contribution >= 0.6 is 0 Å². The van der Waals surface area contributed by atoms with Crippen LogP contribution < -0.4 is 15.5 Å². The molecule has 8 nitrogen and oxygen atoms in total. The van der Waals surface area contributed by atoms with Gasteiger partial charge in [0.2, 0.25) is 11.8 Å². The van der Waals surface area contributed by atoms with Crippen molar-refractivity contribution in [3.05, 3.63) is 29.8 Å². The van der Waals surface area contributed by atoms with Crippen molar-refractivity contribution < 1.29 is 19.1 Å². The number of nitrogens with one attached hydrogen (secondary N) is 2. The molecule has 0 saturated carbocycles. The van der Waals surface area contributed by atoms with Crippen LogP contribution in [0.1, 0.15) is 49.9 Å². The Kier molecular flexibility index (Phi) is 7.16. The number of fused-ring (bicyclic) bond motifs is 3. The predicted molar refractivity (Wildman–Crippen MR) is 126 cm³/mol. The molecule has 0 aromatic heterocycles. The summed E-state index contributed by atoms with van der Waals surface area (Å²) < 4.78 is 5.62. The Hall–Kier alpha value is -2.29. The maximum atomic E-state index is 13.3. The number of carbonyl (C=O) groups excluding carboxylic acids is 3. The molecule has 3 aliphatic heterocycles. The number of amides is 2. The third kappa shape index (κ3) is 4.56. The van der Waals surface area contributed by atoms with Gasteiger partial charge in [0.1, 0.15) is 0 Å². The molecule has 2 bridgehead atoms. The Morgan fingerprint density at radius 2 is 1.82 bits per heavy atom. The molecule has 8 heteroatoms. The van der Waals surface area contributed by atoms with Gasteiger partial charge in [-0.25, -0.2) is 0 Å². The molecule has 2 unspecified atom stereocenters. The topological polar surface area (TPSA) is 91.0 Å². The summed E-state index contributed by atoms with van der Waals surface area (Å²) in [7, 11) is 3.67. The van der Waals surface area contributed by atoms with Crippen molar-refractivity contribution in [3.63, 3.8) is 0 Å². The minimum absolute atomic E-state index is 0.0261. The van der Waals surface area contributed by atoms with Gasteiger partial charge in [0.25, 0.3) is 0 Å². The number of hydrogen-bond donors (Lipinski definition) is 2. The van der Waals surface area contributed by atoms with Crippen LogP contribution in [0.25, 0.3) is 0 Å². The molecule has 2 amide bonds. The van der Waals surface area contributed by atoms with E-state index in [0.717, 1.165) is 38.8 Å². The van der Waals surface area contributed by atoms with Gasteiger partial charge in [0.15, 0.2) is 11.7 Å². The van der Waals surface area contributed by atoms with Gasteiger partial charge in [0, 0.05) is 49.9 Å². The molecular weight excluding hydrogens is 420 g/mol. The third-order valence-electron chi connectivity index (χ3n) is 7.36. The lowest BCUT2D eigenvalue weighted by Gasteiger charge is -2.41. The van der Waals surface area contributed by atoms with Crippen molar-refractivity contribution in [2.75, 3.05) is 32.1 Å². The van der Waals surface area contributed by atoms with Gasteiger partial charge >= 0.3 is 0 Å². The van der Waals surface area contributed by atoms with Gasteiger partial charge in [-0.1, -0.05) is 12.1 Å². The number of benzene rings is 1. The molecule has 2 fully saturated rings. The maximum absolute atomic E-state index is 13.3. The number of hydrogen-bond acceptors (Lipinski definition) is 6. The summed E-state index contributed by atoms with van der Waals surface area (Å²) in [5, 5.41) is 6.26. The second-order valence-electron chi connectivity index (χ2n) is 9.79. The lowest BCUT2D eigenvalue weighted by Crippen LogP contribution is -2.57. The molecule has 1 aromatic carbocycles. The van der Waals surface area contributed by atoms with E-state index in [1.165, 1.54) is 0 Å². The van der Waals surface area contributed by atoms with Gasteiger partial charge in [-0.2, -0.15) is 0 Å². The van der Waals surface area contributed by atoms with Crippen molar-refractivity contribution in [2.45, 2.75) is 69.8 Å². The average molecular weight is 457 g/mol. The first-order valence-electron chi connectivity index (χ1n) is 12.1. The Bertz CT molecular complexity index is 890. The second kappa shape index (κ2) is 9.91. The lowest BCUT2D eigenvalue weighted by atomic mass is 9.88. The van der Waals surface area contributed by atoms with E-state index >= 15 is 0 Å². The number of nitrogens with zero attached hydrogens (tertiary/aromatic N) is 2. The maximum Gasteiger partial charge on any atom is 0.247 e. The minimum atomic E-state index is -1.31. The molecule has 5 atom stereocenters. The normalized spacial score (nSPS) is 28.2. The summed E-state index contributed by atoms with van der Waals surface area (Å²) in [6, 6.07) is 7.65. The van der Waals surface area contributed by atoms with Crippen molar-refractivity contribution in [1.82, 2.24) is 15.5 Å². The largest absolute Gasteiger partial charge is 0.379 e. The number of piperidine rings is 1. The van der Waals surface area contributed by atoms with Crippen LogP contribution in [0.4, 0.5) is 5.69 Å². The zero-order valence-corrected chi connectivity index (χ0v) is 20.0. The molecule has 1 aromatic rings. The fraction of sp³-hybridized carbons (Fsp3) is 0.640. The van der Waals surface area contributed by atoms with Crippen LogP contribution in [0.2, 0.25) is 0 Å². The summed E-state index contributed by atoms with van der Waals surface area (Å²) in [5.74, 6) is -2.61. The van der Waals surface area contributed by atoms with Crippen molar-refractivity contribution in [1.29, 1.82) is 0 Å². The fourth-order valence-electron chi connectivity index (χ4n) is 5.84. The first kappa shape index (κ1) is 23.9. The molecule has 0 radical (unpaired) electrons. The van der Waals surface area contributed by atoms with Gasteiger partial charge < -0.3 is 20.3 Å². The zero-order chi connectivity index (χ0) is 23.7. The second-order valence-corrected chi connectivity index (χ2v) is 9.79. The van der Waals surface area contributed by atoms with E-state index in [0.29, 0.717) is 23.3 Å².